The van der Waals surface area contributed by atoms with Crippen molar-refractivity contribution in [3.8, 4) is 0 Å². The van der Waals surface area contributed by atoms with E-state index in [1.807, 2.05) is 6.08 Å². The molecule has 0 heteroatoms. The molecule has 0 bridgehead atoms. The first kappa shape index (κ1) is 12.5. The van der Waals surface area contributed by atoms with Crippen molar-refractivity contribution in [2.24, 2.45) is 5.92 Å². The standard InChI is InChI=1S/C15H26/c1-3-4-5-6-7-8-9-10-15-12-11-14(2)13-15/h3,10,14H,1,4-9,11-13H2,2H3. The predicted octanol–water partition coefficient (Wildman–Crippen LogP) is 5.26. The van der Waals surface area contributed by atoms with Crippen LogP contribution in [-0.2, 0) is 0 Å². The fourth-order valence-electron chi connectivity index (χ4n) is 2.36. The summed E-state index contributed by atoms with van der Waals surface area (Å²) in [5.41, 5.74) is 1.73. The van der Waals surface area contributed by atoms with Crippen molar-refractivity contribution in [1.29, 1.82) is 0 Å². The van der Waals surface area contributed by atoms with Crippen LogP contribution in [0.2, 0.25) is 0 Å². The Morgan fingerprint density at radius 1 is 1.20 bits per heavy atom. The molecule has 1 saturated carbocycles. The van der Waals surface area contributed by atoms with Crippen LogP contribution >= 0.6 is 0 Å². The van der Waals surface area contributed by atoms with E-state index < -0.39 is 0 Å². The third-order valence-corrected chi connectivity index (χ3v) is 3.36. The molecule has 1 aliphatic carbocycles. The van der Waals surface area contributed by atoms with E-state index in [9.17, 15) is 0 Å². The van der Waals surface area contributed by atoms with Crippen molar-refractivity contribution in [3.05, 3.63) is 24.3 Å². The molecule has 1 aliphatic rings. The maximum absolute atomic E-state index is 3.74. The Kier molecular flexibility index (Phi) is 6.47. The second-order valence-electron chi connectivity index (χ2n) is 4.99. The first-order chi connectivity index (χ1) is 7.33. The Morgan fingerprint density at radius 3 is 2.53 bits per heavy atom. The average molecular weight is 206 g/mol. The summed E-state index contributed by atoms with van der Waals surface area (Å²) in [5.74, 6) is 0.948. The SMILES string of the molecule is C=CCCCCCCC=C1CCC(C)C1. The minimum Gasteiger partial charge on any atom is -0.103 e. The summed E-state index contributed by atoms with van der Waals surface area (Å²) in [6, 6.07) is 0. The summed E-state index contributed by atoms with van der Waals surface area (Å²) in [6.45, 7) is 6.12. The van der Waals surface area contributed by atoms with Gasteiger partial charge in [-0.3, -0.25) is 0 Å². The second-order valence-corrected chi connectivity index (χ2v) is 4.99. The van der Waals surface area contributed by atoms with Crippen molar-refractivity contribution in [1.82, 2.24) is 0 Å². The van der Waals surface area contributed by atoms with Crippen LogP contribution < -0.4 is 0 Å². The van der Waals surface area contributed by atoms with Gasteiger partial charge in [0.05, 0.1) is 0 Å². The zero-order valence-electron chi connectivity index (χ0n) is 10.3. The molecule has 1 atom stereocenters. The molecule has 0 N–H and O–H groups in total. The van der Waals surface area contributed by atoms with Crippen LogP contribution in [0.25, 0.3) is 0 Å². The van der Waals surface area contributed by atoms with Gasteiger partial charge in [0.15, 0.2) is 0 Å². The molecule has 1 fully saturated rings. The Morgan fingerprint density at radius 2 is 1.93 bits per heavy atom. The largest absolute Gasteiger partial charge is 0.103 e. The molecule has 0 nitrogen and oxygen atoms in total. The van der Waals surface area contributed by atoms with E-state index in [4.69, 9.17) is 0 Å². The molecule has 1 unspecified atom stereocenters. The summed E-state index contributed by atoms with van der Waals surface area (Å²) in [5, 5.41) is 0. The first-order valence-electron chi connectivity index (χ1n) is 6.61. The van der Waals surface area contributed by atoms with E-state index in [0.29, 0.717) is 0 Å². The van der Waals surface area contributed by atoms with Crippen LogP contribution in [0.1, 0.15) is 64.7 Å². The minimum atomic E-state index is 0.948. The highest BCUT2D eigenvalue weighted by Crippen LogP contribution is 2.29. The zero-order chi connectivity index (χ0) is 10.9. The number of allylic oxidation sites excluding steroid dienone is 3. The van der Waals surface area contributed by atoms with Gasteiger partial charge in [-0.05, 0) is 50.9 Å². The van der Waals surface area contributed by atoms with Crippen molar-refractivity contribution in [3.63, 3.8) is 0 Å². The number of hydrogen-bond acceptors (Lipinski definition) is 0. The maximum atomic E-state index is 3.74. The van der Waals surface area contributed by atoms with Gasteiger partial charge < -0.3 is 0 Å². The van der Waals surface area contributed by atoms with Crippen LogP contribution in [0.15, 0.2) is 24.3 Å². The normalized spacial score (nSPS) is 23.5. The van der Waals surface area contributed by atoms with Crippen LogP contribution in [0.3, 0.4) is 0 Å². The van der Waals surface area contributed by atoms with Gasteiger partial charge in [-0.2, -0.15) is 0 Å². The fraction of sp³-hybridized carbons (Fsp3) is 0.733. The number of rotatable bonds is 7. The molecule has 0 aliphatic heterocycles. The molecule has 0 amide bonds. The van der Waals surface area contributed by atoms with Crippen LogP contribution in [0.5, 0.6) is 0 Å². The molecule has 0 aromatic heterocycles. The van der Waals surface area contributed by atoms with Gasteiger partial charge in [-0.15, -0.1) is 6.58 Å². The minimum absolute atomic E-state index is 0.948. The van der Waals surface area contributed by atoms with Crippen molar-refractivity contribution in [2.75, 3.05) is 0 Å². The smallest absolute Gasteiger partial charge is 0.0294 e. The third kappa shape index (κ3) is 5.81. The van der Waals surface area contributed by atoms with Gasteiger partial charge in [0, 0.05) is 0 Å². The lowest BCUT2D eigenvalue weighted by Crippen LogP contribution is -1.81. The fourth-order valence-corrected chi connectivity index (χ4v) is 2.36. The summed E-state index contributed by atoms with van der Waals surface area (Å²) in [7, 11) is 0. The first-order valence-corrected chi connectivity index (χ1v) is 6.61. The molecule has 0 radical (unpaired) electrons. The summed E-state index contributed by atoms with van der Waals surface area (Å²) in [6.07, 6.45) is 16.7. The third-order valence-electron chi connectivity index (χ3n) is 3.36. The van der Waals surface area contributed by atoms with Gasteiger partial charge in [0.25, 0.3) is 0 Å². The molecular formula is C15H26. The lowest BCUT2D eigenvalue weighted by atomic mass is 10.1. The summed E-state index contributed by atoms with van der Waals surface area (Å²) in [4.78, 5) is 0. The highest BCUT2D eigenvalue weighted by Gasteiger charge is 2.13. The monoisotopic (exact) mass is 206 g/mol. The highest BCUT2D eigenvalue weighted by atomic mass is 14.2. The topological polar surface area (TPSA) is 0 Å². The van der Waals surface area contributed by atoms with E-state index in [-0.39, 0.29) is 0 Å². The molecule has 1 rings (SSSR count). The molecule has 0 spiro atoms. The van der Waals surface area contributed by atoms with Gasteiger partial charge in [0.1, 0.15) is 0 Å². The summed E-state index contributed by atoms with van der Waals surface area (Å²) >= 11 is 0. The van der Waals surface area contributed by atoms with E-state index in [2.05, 4.69) is 19.6 Å². The average Bonchev–Trinajstić information content (AvgIpc) is 2.63. The molecule has 86 valence electrons. The molecular weight excluding hydrogens is 180 g/mol. The van der Waals surface area contributed by atoms with Crippen molar-refractivity contribution in [2.45, 2.75) is 64.7 Å². The van der Waals surface area contributed by atoms with E-state index in [0.717, 1.165) is 5.92 Å². The summed E-state index contributed by atoms with van der Waals surface area (Å²) < 4.78 is 0. The van der Waals surface area contributed by atoms with E-state index in [1.165, 1.54) is 57.8 Å². The Bertz CT molecular complexity index is 200. The van der Waals surface area contributed by atoms with Gasteiger partial charge >= 0.3 is 0 Å². The van der Waals surface area contributed by atoms with Crippen LogP contribution in [0, 0.1) is 5.92 Å². The Hall–Kier alpha value is -0.520. The maximum Gasteiger partial charge on any atom is -0.0294 e. The molecule has 0 heterocycles. The Labute approximate surface area is 95.5 Å². The van der Waals surface area contributed by atoms with Crippen molar-refractivity contribution < 1.29 is 0 Å². The highest BCUT2D eigenvalue weighted by molar-refractivity contribution is 5.07. The molecule has 0 saturated heterocycles. The number of hydrogen-bond donors (Lipinski definition) is 0. The van der Waals surface area contributed by atoms with Gasteiger partial charge in [-0.1, -0.05) is 37.5 Å². The quantitative estimate of drug-likeness (QED) is 0.394. The number of unbranched alkanes of at least 4 members (excludes halogenated alkanes) is 5. The van der Waals surface area contributed by atoms with Crippen LogP contribution in [0.4, 0.5) is 0 Å². The zero-order valence-corrected chi connectivity index (χ0v) is 10.3. The second kappa shape index (κ2) is 7.73. The molecule has 0 aromatic carbocycles. The molecule has 15 heavy (non-hydrogen) atoms. The lowest BCUT2D eigenvalue weighted by Gasteiger charge is -1.99. The van der Waals surface area contributed by atoms with Gasteiger partial charge in [0.2, 0.25) is 0 Å². The van der Waals surface area contributed by atoms with Crippen molar-refractivity contribution >= 4 is 0 Å². The van der Waals surface area contributed by atoms with Gasteiger partial charge in [-0.25, -0.2) is 0 Å². The van der Waals surface area contributed by atoms with E-state index >= 15 is 0 Å². The Balaban J connectivity index is 1.94. The molecule has 0 aromatic rings. The van der Waals surface area contributed by atoms with Crippen LogP contribution in [-0.4, -0.2) is 0 Å². The van der Waals surface area contributed by atoms with E-state index in [1.54, 1.807) is 5.57 Å². The predicted molar refractivity (Wildman–Crippen MR) is 69.0 cm³/mol. The lowest BCUT2D eigenvalue weighted by molar-refractivity contribution is 0.619.